The van der Waals surface area contributed by atoms with E-state index in [1.165, 1.54) is 16.2 Å². The second-order valence-electron chi connectivity index (χ2n) is 5.01. The minimum Gasteiger partial charge on any atom is -0.349 e. The van der Waals surface area contributed by atoms with Crippen molar-refractivity contribution in [3.05, 3.63) is 21.4 Å². The lowest BCUT2D eigenvalue weighted by Crippen LogP contribution is -2.34. The number of carbonyl (C=O) groups is 1. The molecule has 1 unspecified atom stereocenters. The largest absolute Gasteiger partial charge is 0.349 e. The van der Waals surface area contributed by atoms with Crippen molar-refractivity contribution < 1.29 is 14.3 Å². The molecule has 1 fully saturated rings. The van der Waals surface area contributed by atoms with Gasteiger partial charge in [0.25, 0.3) is 5.91 Å². The van der Waals surface area contributed by atoms with Crippen molar-refractivity contribution in [2.45, 2.75) is 39.6 Å². The fourth-order valence-electron chi connectivity index (χ4n) is 1.84. The Balaban J connectivity index is 1.86. The summed E-state index contributed by atoms with van der Waals surface area (Å²) >= 11 is 1.52. The first-order valence-electron chi connectivity index (χ1n) is 6.04. The van der Waals surface area contributed by atoms with Crippen LogP contribution in [0.1, 0.15) is 34.0 Å². The van der Waals surface area contributed by atoms with Crippen LogP contribution in [0.2, 0.25) is 0 Å². The second kappa shape index (κ2) is 4.99. The number of thiophene rings is 1. The summed E-state index contributed by atoms with van der Waals surface area (Å²) in [5.41, 5.74) is 1.16. The van der Waals surface area contributed by atoms with Crippen LogP contribution in [0.25, 0.3) is 0 Å². The SMILES string of the molecule is Cc1cc(C(=O)NCC2COC(C)(C)O2)sc1C. The van der Waals surface area contributed by atoms with Crippen molar-refractivity contribution in [2.75, 3.05) is 13.2 Å². The number of ether oxygens (including phenoxy) is 2. The molecule has 0 bridgehead atoms. The van der Waals surface area contributed by atoms with Gasteiger partial charge in [0, 0.05) is 11.4 Å². The van der Waals surface area contributed by atoms with E-state index >= 15 is 0 Å². The first kappa shape index (κ1) is 13.5. The molecule has 1 aromatic heterocycles. The van der Waals surface area contributed by atoms with Gasteiger partial charge in [0.05, 0.1) is 11.5 Å². The minimum absolute atomic E-state index is 0.0375. The summed E-state index contributed by atoms with van der Waals surface area (Å²) in [5.74, 6) is -0.574. The molecule has 1 aliphatic heterocycles. The molecule has 1 aliphatic rings. The van der Waals surface area contributed by atoms with Crippen LogP contribution < -0.4 is 5.32 Å². The molecule has 1 saturated heterocycles. The smallest absolute Gasteiger partial charge is 0.261 e. The normalized spacial score (nSPS) is 22.1. The van der Waals surface area contributed by atoms with Gasteiger partial charge in [-0.15, -0.1) is 11.3 Å². The molecule has 1 aromatic rings. The van der Waals surface area contributed by atoms with Gasteiger partial charge in [-0.1, -0.05) is 0 Å². The molecular formula is C13H19NO3S. The number of nitrogens with one attached hydrogen (secondary N) is 1. The second-order valence-corrected chi connectivity index (χ2v) is 6.27. The van der Waals surface area contributed by atoms with Crippen molar-refractivity contribution in [3.63, 3.8) is 0 Å². The van der Waals surface area contributed by atoms with Gasteiger partial charge in [0.2, 0.25) is 0 Å². The van der Waals surface area contributed by atoms with Crippen LogP contribution in [-0.4, -0.2) is 30.9 Å². The van der Waals surface area contributed by atoms with Crippen LogP contribution in [0.15, 0.2) is 6.07 Å². The molecule has 1 amide bonds. The molecule has 0 radical (unpaired) electrons. The summed E-state index contributed by atoms with van der Waals surface area (Å²) in [5, 5.41) is 2.89. The first-order chi connectivity index (χ1) is 8.37. The lowest BCUT2D eigenvalue weighted by molar-refractivity contribution is -0.137. The first-order valence-corrected chi connectivity index (χ1v) is 6.86. The standard InChI is InChI=1S/C13H19NO3S/c1-8-5-11(18-9(8)2)12(15)14-6-10-7-16-13(3,4)17-10/h5,10H,6-7H2,1-4H3,(H,14,15). The molecule has 5 heteroatoms. The summed E-state index contributed by atoms with van der Waals surface area (Å²) in [6, 6.07) is 1.92. The van der Waals surface area contributed by atoms with Crippen molar-refractivity contribution in [1.29, 1.82) is 0 Å². The van der Waals surface area contributed by atoms with Gasteiger partial charge in [-0.25, -0.2) is 0 Å². The fourth-order valence-corrected chi connectivity index (χ4v) is 2.79. The maximum absolute atomic E-state index is 11.9. The molecule has 1 N–H and O–H groups in total. The monoisotopic (exact) mass is 269 g/mol. The van der Waals surface area contributed by atoms with Gasteiger partial charge < -0.3 is 14.8 Å². The molecule has 1 atom stereocenters. The summed E-state index contributed by atoms with van der Waals surface area (Å²) in [6.07, 6.45) is -0.0638. The summed E-state index contributed by atoms with van der Waals surface area (Å²) in [6.45, 7) is 8.79. The number of hydrogen-bond acceptors (Lipinski definition) is 4. The summed E-state index contributed by atoms with van der Waals surface area (Å²) in [7, 11) is 0. The number of rotatable bonds is 3. The molecule has 4 nitrogen and oxygen atoms in total. The van der Waals surface area contributed by atoms with E-state index in [1.807, 2.05) is 33.8 Å². The maximum Gasteiger partial charge on any atom is 0.261 e. The van der Waals surface area contributed by atoms with Gasteiger partial charge in [-0.2, -0.15) is 0 Å². The van der Waals surface area contributed by atoms with Crippen LogP contribution in [0.5, 0.6) is 0 Å². The highest BCUT2D eigenvalue weighted by Gasteiger charge is 2.32. The zero-order valence-corrected chi connectivity index (χ0v) is 12.0. The highest BCUT2D eigenvalue weighted by molar-refractivity contribution is 7.14. The van der Waals surface area contributed by atoms with E-state index < -0.39 is 5.79 Å². The molecule has 2 rings (SSSR count). The average Bonchev–Trinajstić information content (AvgIpc) is 2.80. The van der Waals surface area contributed by atoms with Gasteiger partial charge in [0.1, 0.15) is 6.10 Å². The predicted molar refractivity (Wildman–Crippen MR) is 71.0 cm³/mol. The van der Waals surface area contributed by atoms with Crippen molar-refractivity contribution in [3.8, 4) is 0 Å². The molecule has 0 aliphatic carbocycles. The van der Waals surface area contributed by atoms with E-state index in [0.717, 1.165) is 10.4 Å². The van der Waals surface area contributed by atoms with Crippen LogP contribution in [0, 0.1) is 13.8 Å². The van der Waals surface area contributed by atoms with Crippen LogP contribution >= 0.6 is 11.3 Å². The van der Waals surface area contributed by atoms with E-state index in [2.05, 4.69) is 5.32 Å². The molecule has 0 aromatic carbocycles. The number of hydrogen-bond donors (Lipinski definition) is 1. The van der Waals surface area contributed by atoms with E-state index in [0.29, 0.717) is 13.2 Å². The number of aryl methyl sites for hydroxylation is 2. The average molecular weight is 269 g/mol. The lowest BCUT2D eigenvalue weighted by Gasteiger charge is -2.17. The van der Waals surface area contributed by atoms with Gasteiger partial charge >= 0.3 is 0 Å². The van der Waals surface area contributed by atoms with Gasteiger partial charge in [-0.3, -0.25) is 4.79 Å². The van der Waals surface area contributed by atoms with Crippen molar-refractivity contribution >= 4 is 17.2 Å². The van der Waals surface area contributed by atoms with Crippen LogP contribution in [0.3, 0.4) is 0 Å². The zero-order chi connectivity index (χ0) is 13.3. The van der Waals surface area contributed by atoms with Gasteiger partial charge in [0.15, 0.2) is 5.79 Å². The van der Waals surface area contributed by atoms with E-state index in [-0.39, 0.29) is 12.0 Å². The molecule has 2 heterocycles. The third-order valence-electron chi connectivity index (χ3n) is 2.95. The Kier molecular flexibility index (Phi) is 3.75. The maximum atomic E-state index is 11.9. The Bertz CT molecular complexity index is 434. The fraction of sp³-hybridized carbons (Fsp3) is 0.615. The quantitative estimate of drug-likeness (QED) is 0.915. The Labute approximate surface area is 111 Å². The highest BCUT2D eigenvalue weighted by Crippen LogP contribution is 2.22. The summed E-state index contributed by atoms with van der Waals surface area (Å²) < 4.78 is 11.1. The molecular weight excluding hydrogens is 250 g/mol. The topological polar surface area (TPSA) is 47.6 Å². The van der Waals surface area contributed by atoms with E-state index in [4.69, 9.17) is 9.47 Å². The number of carbonyl (C=O) groups excluding carboxylic acids is 1. The van der Waals surface area contributed by atoms with E-state index in [9.17, 15) is 4.79 Å². The third-order valence-corrected chi connectivity index (χ3v) is 4.10. The summed E-state index contributed by atoms with van der Waals surface area (Å²) in [4.78, 5) is 13.9. The molecule has 0 saturated carbocycles. The Hall–Kier alpha value is -0.910. The number of amides is 1. The Morgan fingerprint density at radius 2 is 2.28 bits per heavy atom. The minimum atomic E-state index is -0.536. The molecule has 18 heavy (non-hydrogen) atoms. The van der Waals surface area contributed by atoms with Gasteiger partial charge in [-0.05, 0) is 39.3 Å². The van der Waals surface area contributed by atoms with E-state index in [1.54, 1.807) is 0 Å². The predicted octanol–water partition coefficient (Wildman–Crippen LogP) is 2.25. The van der Waals surface area contributed by atoms with Crippen LogP contribution in [0.4, 0.5) is 0 Å². The lowest BCUT2D eigenvalue weighted by atomic mass is 10.3. The van der Waals surface area contributed by atoms with Crippen molar-refractivity contribution in [1.82, 2.24) is 5.32 Å². The Morgan fingerprint density at radius 3 is 2.78 bits per heavy atom. The molecule has 0 spiro atoms. The Morgan fingerprint density at radius 1 is 1.56 bits per heavy atom. The third kappa shape index (κ3) is 3.10. The zero-order valence-electron chi connectivity index (χ0n) is 11.2. The molecule has 100 valence electrons. The highest BCUT2D eigenvalue weighted by atomic mass is 32.1. The van der Waals surface area contributed by atoms with Crippen molar-refractivity contribution in [2.24, 2.45) is 0 Å². The van der Waals surface area contributed by atoms with Crippen LogP contribution in [-0.2, 0) is 9.47 Å².